The van der Waals surface area contributed by atoms with Crippen molar-refractivity contribution in [3.63, 3.8) is 0 Å². The van der Waals surface area contributed by atoms with E-state index in [9.17, 15) is 4.79 Å². The van der Waals surface area contributed by atoms with Gasteiger partial charge in [0.15, 0.2) is 0 Å². The zero-order valence-electron chi connectivity index (χ0n) is 8.44. The van der Waals surface area contributed by atoms with E-state index in [2.05, 4.69) is 15.9 Å². The highest BCUT2D eigenvalue weighted by Crippen LogP contribution is 2.14. The largest absolute Gasteiger partial charge is 0.394 e. The van der Waals surface area contributed by atoms with Crippen LogP contribution in [0.2, 0.25) is 0 Å². The Morgan fingerprint density at radius 2 is 2.36 bits per heavy atom. The van der Waals surface area contributed by atoms with Gasteiger partial charge in [-0.2, -0.15) is 0 Å². The van der Waals surface area contributed by atoms with Crippen molar-refractivity contribution >= 4 is 21.8 Å². The molecule has 1 aliphatic rings. The highest BCUT2D eigenvalue weighted by molar-refractivity contribution is 9.10. The van der Waals surface area contributed by atoms with E-state index in [4.69, 9.17) is 9.84 Å². The van der Waals surface area contributed by atoms with Gasteiger partial charge in [-0.05, 0) is 13.8 Å². The number of alkyl halides is 1. The van der Waals surface area contributed by atoms with Gasteiger partial charge in [0.2, 0.25) is 5.91 Å². The molecule has 1 saturated heterocycles. The number of aliphatic hydroxyl groups is 1. The van der Waals surface area contributed by atoms with E-state index in [1.807, 2.05) is 6.92 Å². The van der Waals surface area contributed by atoms with Gasteiger partial charge in [-0.25, -0.2) is 0 Å². The van der Waals surface area contributed by atoms with Crippen LogP contribution in [0, 0.1) is 0 Å². The summed E-state index contributed by atoms with van der Waals surface area (Å²) in [6.45, 7) is 4.75. The summed E-state index contributed by atoms with van der Waals surface area (Å²) in [7, 11) is 0. The van der Waals surface area contributed by atoms with Crippen LogP contribution in [0.3, 0.4) is 0 Å². The van der Waals surface area contributed by atoms with Crippen LogP contribution in [0.5, 0.6) is 0 Å². The van der Waals surface area contributed by atoms with Gasteiger partial charge in [-0.1, -0.05) is 15.9 Å². The molecule has 1 aliphatic heterocycles. The van der Waals surface area contributed by atoms with Crippen LogP contribution in [0.25, 0.3) is 0 Å². The number of hydrogen-bond donors (Lipinski definition) is 1. The third-order valence-corrected chi connectivity index (χ3v) is 2.57. The number of hydrogen-bond acceptors (Lipinski definition) is 3. The van der Waals surface area contributed by atoms with E-state index < -0.39 is 0 Å². The molecule has 0 aliphatic carbocycles. The fraction of sp³-hybridized carbons (Fsp3) is 0.889. The molecule has 3 atom stereocenters. The average Bonchev–Trinajstić information content (AvgIpc) is 2.15. The normalized spacial score (nSPS) is 30.1. The molecule has 1 N–H and O–H groups in total. The molecule has 0 aromatic carbocycles. The number of aliphatic hydroxyl groups excluding tert-OH is 1. The van der Waals surface area contributed by atoms with Crippen molar-refractivity contribution in [2.75, 3.05) is 19.7 Å². The maximum absolute atomic E-state index is 11.6. The zero-order valence-corrected chi connectivity index (χ0v) is 10.0. The van der Waals surface area contributed by atoms with Gasteiger partial charge in [0.25, 0.3) is 0 Å². The molecule has 14 heavy (non-hydrogen) atoms. The van der Waals surface area contributed by atoms with Crippen LogP contribution in [-0.4, -0.2) is 52.6 Å². The Balaban J connectivity index is 2.57. The van der Waals surface area contributed by atoms with E-state index >= 15 is 0 Å². The van der Waals surface area contributed by atoms with E-state index in [-0.39, 0.29) is 29.5 Å². The molecule has 0 radical (unpaired) electrons. The second-order valence-electron chi connectivity index (χ2n) is 3.61. The number of carbonyl (C=O) groups is 1. The number of rotatable bonds is 2. The van der Waals surface area contributed by atoms with Gasteiger partial charge in [0, 0.05) is 13.1 Å². The topological polar surface area (TPSA) is 49.8 Å². The van der Waals surface area contributed by atoms with Crippen molar-refractivity contribution in [1.82, 2.24) is 4.90 Å². The highest BCUT2D eigenvalue weighted by atomic mass is 79.9. The van der Waals surface area contributed by atoms with Crippen molar-refractivity contribution in [2.24, 2.45) is 0 Å². The van der Waals surface area contributed by atoms with E-state index in [1.165, 1.54) is 0 Å². The Morgan fingerprint density at radius 1 is 1.71 bits per heavy atom. The van der Waals surface area contributed by atoms with Crippen LogP contribution >= 0.6 is 15.9 Å². The van der Waals surface area contributed by atoms with E-state index in [0.29, 0.717) is 13.1 Å². The third kappa shape index (κ3) is 2.93. The van der Waals surface area contributed by atoms with Crippen LogP contribution in [0.4, 0.5) is 0 Å². The molecule has 3 unspecified atom stereocenters. The molecule has 4 nitrogen and oxygen atoms in total. The smallest absolute Gasteiger partial charge is 0.236 e. The Kier molecular flexibility index (Phi) is 4.34. The first kappa shape index (κ1) is 11.9. The number of amides is 1. The predicted octanol–water partition coefficient (Wildman–Crippen LogP) is 0.378. The van der Waals surface area contributed by atoms with Crippen molar-refractivity contribution < 1.29 is 14.6 Å². The van der Waals surface area contributed by atoms with Gasteiger partial charge >= 0.3 is 0 Å². The molecule has 0 aromatic heterocycles. The predicted molar refractivity (Wildman–Crippen MR) is 56.4 cm³/mol. The summed E-state index contributed by atoms with van der Waals surface area (Å²) in [6.07, 6.45) is -0.245. The molecule has 0 spiro atoms. The van der Waals surface area contributed by atoms with Gasteiger partial charge in [-0.15, -0.1) is 0 Å². The van der Waals surface area contributed by atoms with E-state index in [1.54, 1.807) is 11.8 Å². The van der Waals surface area contributed by atoms with Gasteiger partial charge < -0.3 is 14.7 Å². The number of carbonyl (C=O) groups excluding carboxylic acids is 1. The Labute approximate surface area is 92.3 Å². The number of ether oxygens (including phenoxy) is 1. The molecule has 0 saturated carbocycles. The number of halogens is 1. The zero-order chi connectivity index (χ0) is 10.7. The molecule has 5 heteroatoms. The molecule has 82 valence electrons. The summed E-state index contributed by atoms with van der Waals surface area (Å²) >= 11 is 3.24. The molecule has 0 aromatic rings. The fourth-order valence-corrected chi connectivity index (χ4v) is 1.87. The van der Waals surface area contributed by atoms with Crippen LogP contribution in [-0.2, 0) is 9.53 Å². The summed E-state index contributed by atoms with van der Waals surface area (Å²) in [6, 6.07) is 0. The molecule has 1 amide bonds. The maximum atomic E-state index is 11.6. The molecular formula is C9H16BrNO3. The summed E-state index contributed by atoms with van der Waals surface area (Å²) in [4.78, 5) is 13.2. The lowest BCUT2D eigenvalue weighted by Crippen LogP contribution is -2.51. The standard InChI is InChI=1S/C9H16BrNO3/c1-6-3-11(9(13)7(2)10)4-8(5-12)14-6/h6-8,12H,3-5H2,1-2H3. The minimum atomic E-state index is -0.242. The highest BCUT2D eigenvalue weighted by Gasteiger charge is 2.29. The lowest BCUT2D eigenvalue weighted by atomic mass is 10.2. The van der Waals surface area contributed by atoms with Gasteiger partial charge in [0.1, 0.15) is 0 Å². The summed E-state index contributed by atoms with van der Waals surface area (Å²) in [5, 5.41) is 8.97. The molecule has 0 bridgehead atoms. The van der Waals surface area contributed by atoms with Crippen molar-refractivity contribution in [1.29, 1.82) is 0 Å². The van der Waals surface area contributed by atoms with Crippen molar-refractivity contribution in [2.45, 2.75) is 30.9 Å². The SMILES string of the molecule is CC1CN(C(=O)C(C)Br)CC(CO)O1. The fourth-order valence-electron chi connectivity index (χ4n) is 1.58. The first-order valence-electron chi connectivity index (χ1n) is 4.73. The Hall–Kier alpha value is -0.130. The first-order chi connectivity index (χ1) is 6.54. The summed E-state index contributed by atoms with van der Waals surface area (Å²) in [5.74, 6) is 0.0543. The molecule has 1 fully saturated rings. The van der Waals surface area contributed by atoms with Crippen molar-refractivity contribution in [3.05, 3.63) is 0 Å². The minimum absolute atomic E-state index is 0.00361. The van der Waals surface area contributed by atoms with E-state index in [0.717, 1.165) is 0 Å². The monoisotopic (exact) mass is 265 g/mol. The number of nitrogens with zero attached hydrogens (tertiary/aromatic N) is 1. The summed E-state index contributed by atoms with van der Waals surface area (Å²) < 4.78 is 5.44. The van der Waals surface area contributed by atoms with Crippen LogP contribution < -0.4 is 0 Å². The second kappa shape index (κ2) is 5.09. The second-order valence-corrected chi connectivity index (χ2v) is 4.98. The summed E-state index contributed by atoms with van der Waals surface area (Å²) in [5.41, 5.74) is 0. The lowest BCUT2D eigenvalue weighted by molar-refractivity contribution is -0.146. The molecule has 1 rings (SSSR count). The average molecular weight is 266 g/mol. The number of morpholine rings is 1. The van der Waals surface area contributed by atoms with Gasteiger partial charge in [-0.3, -0.25) is 4.79 Å². The Bertz CT molecular complexity index is 210. The lowest BCUT2D eigenvalue weighted by Gasteiger charge is -2.36. The van der Waals surface area contributed by atoms with Crippen LogP contribution in [0.15, 0.2) is 0 Å². The van der Waals surface area contributed by atoms with Crippen molar-refractivity contribution in [3.8, 4) is 0 Å². The molecular weight excluding hydrogens is 250 g/mol. The first-order valence-corrected chi connectivity index (χ1v) is 5.65. The van der Waals surface area contributed by atoms with Crippen LogP contribution in [0.1, 0.15) is 13.8 Å². The molecule has 1 heterocycles. The van der Waals surface area contributed by atoms with Gasteiger partial charge in [0.05, 0.1) is 23.6 Å². The minimum Gasteiger partial charge on any atom is -0.394 e. The Morgan fingerprint density at radius 3 is 2.86 bits per heavy atom. The maximum Gasteiger partial charge on any atom is 0.236 e. The third-order valence-electron chi connectivity index (χ3n) is 2.18. The quantitative estimate of drug-likeness (QED) is 0.735.